The van der Waals surface area contributed by atoms with Crippen molar-refractivity contribution < 1.29 is 19.1 Å². The van der Waals surface area contributed by atoms with Crippen LogP contribution in [0.4, 0.5) is 5.69 Å². The summed E-state index contributed by atoms with van der Waals surface area (Å²) in [5.41, 5.74) is 1.09. The van der Waals surface area contributed by atoms with Crippen molar-refractivity contribution in [1.29, 1.82) is 0 Å². The number of fused-ring (bicyclic) bond motifs is 1. The van der Waals surface area contributed by atoms with Crippen LogP contribution >= 0.6 is 0 Å². The molecule has 0 bridgehead atoms. The summed E-state index contributed by atoms with van der Waals surface area (Å²) in [6.07, 6.45) is 0. The molecular weight excluding hydrogens is 228 g/mol. The highest BCUT2D eigenvalue weighted by Crippen LogP contribution is 2.19. The number of amides is 1. The second-order valence-corrected chi connectivity index (χ2v) is 3.36. The van der Waals surface area contributed by atoms with Crippen LogP contribution in [0.15, 0.2) is 27.4 Å². The molecule has 17 heavy (non-hydrogen) atoms. The van der Waals surface area contributed by atoms with Crippen LogP contribution < -0.4 is 10.7 Å². The van der Waals surface area contributed by atoms with Crippen molar-refractivity contribution in [3.63, 3.8) is 0 Å². The second kappa shape index (κ2) is 3.78. The van der Waals surface area contributed by atoms with E-state index < -0.39 is 17.6 Å². The molecule has 0 aliphatic carbocycles. The Morgan fingerprint density at radius 1 is 1.41 bits per heavy atom. The van der Waals surface area contributed by atoms with Crippen LogP contribution in [-0.4, -0.2) is 29.0 Å². The summed E-state index contributed by atoms with van der Waals surface area (Å²) >= 11 is 0. The second-order valence-electron chi connectivity index (χ2n) is 3.36. The number of anilines is 1. The predicted molar refractivity (Wildman–Crippen MR) is 57.9 cm³/mol. The molecule has 0 aliphatic heterocycles. The van der Waals surface area contributed by atoms with Gasteiger partial charge in [0.25, 0.3) is 0 Å². The summed E-state index contributed by atoms with van der Waals surface area (Å²) in [4.78, 5) is 36.0. The quantitative estimate of drug-likeness (QED) is 0.687. The number of nitrogens with zero attached hydrogens (tertiary/aromatic N) is 1. The van der Waals surface area contributed by atoms with Gasteiger partial charge in [0.05, 0.1) is 5.52 Å². The maximum Gasteiger partial charge on any atom is 0.417 e. The molecule has 0 radical (unpaired) electrons. The van der Waals surface area contributed by atoms with Gasteiger partial charge in [-0.15, -0.1) is 0 Å². The molecule has 1 aromatic carbocycles. The zero-order valence-corrected chi connectivity index (χ0v) is 8.76. The molecule has 2 N–H and O–H groups in total. The Morgan fingerprint density at radius 2 is 2.12 bits per heavy atom. The fourth-order valence-electron chi connectivity index (χ4n) is 1.41. The molecule has 0 atom stereocenters. The van der Waals surface area contributed by atoms with Crippen molar-refractivity contribution in [2.75, 3.05) is 11.9 Å². The molecule has 2 aromatic rings. The van der Waals surface area contributed by atoms with Gasteiger partial charge in [0.1, 0.15) is 0 Å². The van der Waals surface area contributed by atoms with Crippen molar-refractivity contribution in [3.05, 3.63) is 28.7 Å². The number of likely N-dealkylation sites (N-methyl/N-ethyl adjacent to an activating group) is 1. The number of nitrogens with one attached hydrogen (secondary N) is 1. The van der Waals surface area contributed by atoms with E-state index in [4.69, 9.17) is 9.52 Å². The Hall–Kier alpha value is -2.57. The summed E-state index contributed by atoms with van der Waals surface area (Å²) in [5.74, 6) is -3.21. The van der Waals surface area contributed by atoms with Crippen molar-refractivity contribution in [1.82, 2.24) is 4.98 Å². The van der Waals surface area contributed by atoms with Crippen molar-refractivity contribution in [2.24, 2.45) is 0 Å². The van der Waals surface area contributed by atoms with E-state index in [0.29, 0.717) is 16.8 Å². The maximum atomic E-state index is 11.2. The van der Waals surface area contributed by atoms with E-state index in [1.54, 1.807) is 0 Å². The van der Waals surface area contributed by atoms with Gasteiger partial charge < -0.3 is 14.4 Å². The van der Waals surface area contributed by atoms with Crippen molar-refractivity contribution in [3.8, 4) is 0 Å². The Balaban J connectivity index is 2.45. The summed E-state index contributed by atoms with van der Waals surface area (Å²) in [7, 11) is 1.33. The van der Waals surface area contributed by atoms with Crippen molar-refractivity contribution in [2.45, 2.75) is 0 Å². The lowest BCUT2D eigenvalue weighted by Crippen LogP contribution is -2.32. The number of carboxylic acid groups (broad SMARTS) is 1. The topological polar surface area (TPSA) is 104 Å². The molecule has 1 aromatic heterocycles. The van der Waals surface area contributed by atoms with Gasteiger partial charge in [-0.05, 0) is 18.2 Å². The first-order valence-corrected chi connectivity index (χ1v) is 4.63. The number of carboxylic acids is 1. The first-order chi connectivity index (χ1) is 7.99. The zero-order chi connectivity index (χ0) is 12.6. The third-order valence-corrected chi connectivity index (χ3v) is 2.28. The number of carbonyl (C=O) groups excluding carboxylic acids is 1. The number of aromatic amines is 1. The summed E-state index contributed by atoms with van der Waals surface area (Å²) < 4.78 is 4.78. The normalized spacial score (nSPS) is 10.4. The van der Waals surface area contributed by atoms with Gasteiger partial charge in [0.15, 0.2) is 5.58 Å². The fourth-order valence-corrected chi connectivity index (χ4v) is 1.41. The molecular formula is C10H8N2O5. The molecule has 1 heterocycles. The lowest BCUT2D eigenvalue weighted by atomic mass is 10.2. The monoisotopic (exact) mass is 236 g/mol. The van der Waals surface area contributed by atoms with Gasteiger partial charge in [-0.1, -0.05) is 0 Å². The number of oxazole rings is 1. The van der Waals surface area contributed by atoms with E-state index in [0.717, 1.165) is 4.90 Å². The molecule has 0 aliphatic rings. The number of aromatic nitrogens is 1. The summed E-state index contributed by atoms with van der Waals surface area (Å²) in [6, 6.07) is 4.43. The predicted octanol–water partition coefficient (Wildman–Crippen LogP) is 0.168. The average Bonchev–Trinajstić information content (AvgIpc) is 2.65. The SMILES string of the molecule is CN(C(=O)C(=O)O)c1ccc2oc(=O)[nH]c2c1. The van der Waals surface area contributed by atoms with Gasteiger partial charge in [0, 0.05) is 12.7 Å². The van der Waals surface area contributed by atoms with Crippen LogP contribution in [0.2, 0.25) is 0 Å². The highest BCUT2D eigenvalue weighted by molar-refractivity contribution is 6.37. The molecule has 0 unspecified atom stereocenters. The maximum absolute atomic E-state index is 11.2. The fraction of sp³-hybridized carbons (Fsp3) is 0.100. The molecule has 88 valence electrons. The molecule has 2 rings (SSSR count). The van der Waals surface area contributed by atoms with Gasteiger partial charge in [0.2, 0.25) is 0 Å². The first kappa shape index (κ1) is 10.9. The molecule has 0 fully saturated rings. The van der Waals surface area contributed by atoms with E-state index >= 15 is 0 Å². The molecule has 0 saturated heterocycles. The minimum Gasteiger partial charge on any atom is -0.474 e. The number of rotatable bonds is 1. The minimum absolute atomic E-state index is 0.343. The van der Waals surface area contributed by atoms with Crippen LogP contribution in [0, 0.1) is 0 Å². The van der Waals surface area contributed by atoms with Crippen LogP contribution in [0.25, 0.3) is 11.1 Å². The molecule has 7 heteroatoms. The van der Waals surface area contributed by atoms with E-state index in [9.17, 15) is 14.4 Å². The number of aliphatic carboxylic acids is 1. The molecule has 1 amide bonds. The Labute approximate surface area is 94.3 Å². The third kappa shape index (κ3) is 1.89. The van der Waals surface area contributed by atoms with Gasteiger partial charge in [-0.25, -0.2) is 9.59 Å². The number of carbonyl (C=O) groups is 2. The largest absolute Gasteiger partial charge is 0.474 e. The van der Waals surface area contributed by atoms with Crippen LogP contribution in [0.3, 0.4) is 0 Å². The lowest BCUT2D eigenvalue weighted by Gasteiger charge is -2.14. The molecule has 7 nitrogen and oxygen atoms in total. The zero-order valence-electron chi connectivity index (χ0n) is 8.76. The number of hydrogen-bond acceptors (Lipinski definition) is 4. The minimum atomic E-state index is -1.55. The Kier molecular flexibility index (Phi) is 2.43. The average molecular weight is 236 g/mol. The standard InChI is InChI=1S/C10H8N2O5/c1-12(8(13)9(14)15)5-2-3-7-6(4-5)11-10(16)17-7/h2-4H,1H3,(H,11,16)(H,14,15). The highest BCUT2D eigenvalue weighted by Gasteiger charge is 2.19. The Bertz CT molecular complexity index is 654. The van der Waals surface area contributed by atoms with E-state index in [2.05, 4.69) is 4.98 Å². The third-order valence-electron chi connectivity index (χ3n) is 2.28. The first-order valence-electron chi connectivity index (χ1n) is 4.63. The van der Waals surface area contributed by atoms with E-state index in [-0.39, 0.29) is 0 Å². The number of benzene rings is 1. The summed E-state index contributed by atoms with van der Waals surface area (Å²) in [5, 5.41) is 8.56. The van der Waals surface area contributed by atoms with E-state index in [1.807, 2.05) is 0 Å². The smallest absolute Gasteiger partial charge is 0.417 e. The highest BCUT2D eigenvalue weighted by atomic mass is 16.4. The summed E-state index contributed by atoms with van der Waals surface area (Å²) in [6.45, 7) is 0. The van der Waals surface area contributed by atoms with Gasteiger partial charge in [-0.3, -0.25) is 9.78 Å². The number of H-pyrrole nitrogens is 1. The van der Waals surface area contributed by atoms with Gasteiger partial charge in [-0.2, -0.15) is 0 Å². The van der Waals surface area contributed by atoms with Crippen molar-refractivity contribution >= 4 is 28.7 Å². The molecule has 0 spiro atoms. The van der Waals surface area contributed by atoms with Gasteiger partial charge >= 0.3 is 17.6 Å². The Morgan fingerprint density at radius 3 is 2.76 bits per heavy atom. The number of hydrogen-bond donors (Lipinski definition) is 2. The van der Waals surface area contributed by atoms with Crippen LogP contribution in [0.1, 0.15) is 0 Å². The van der Waals surface area contributed by atoms with Crippen LogP contribution in [-0.2, 0) is 9.59 Å². The van der Waals surface area contributed by atoms with Crippen LogP contribution in [0.5, 0.6) is 0 Å². The lowest BCUT2D eigenvalue weighted by molar-refractivity contribution is -0.148. The van der Waals surface area contributed by atoms with E-state index in [1.165, 1.54) is 25.2 Å². The molecule has 0 saturated carbocycles.